The molecule has 1 amide bonds. The van der Waals surface area contributed by atoms with E-state index in [1.807, 2.05) is 0 Å². The molecule has 0 aliphatic carbocycles. The highest BCUT2D eigenvalue weighted by Gasteiger charge is 2.14. The lowest BCUT2D eigenvalue weighted by Crippen LogP contribution is -2.31. The standard InChI is InChI=1S/C13H16N2O5/c1-20-13(19)8-3-2-4-9(7-8)15-11(16)6-5-10(14)12(17)18/h2-4,7,10H,5-6,14H2,1H3,(H,15,16)(H,17,18)/t10-/m0/s1. The molecule has 1 atom stereocenters. The van der Waals surface area contributed by atoms with Crippen LogP contribution in [-0.2, 0) is 14.3 Å². The Morgan fingerprint density at radius 3 is 2.70 bits per heavy atom. The second-order valence-electron chi connectivity index (χ2n) is 4.10. The Labute approximate surface area is 115 Å². The first-order chi connectivity index (χ1) is 9.43. The molecule has 7 nitrogen and oxygen atoms in total. The molecule has 0 aliphatic heterocycles. The van der Waals surface area contributed by atoms with Crippen LogP contribution in [0, 0.1) is 0 Å². The number of carbonyl (C=O) groups excluding carboxylic acids is 2. The topological polar surface area (TPSA) is 119 Å². The molecule has 0 saturated carbocycles. The van der Waals surface area contributed by atoms with Crippen LogP contribution in [0.1, 0.15) is 23.2 Å². The van der Waals surface area contributed by atoms with Gasteiger partial charge in [-0.25, -0.2) is 4.79 Å². The van der Waals surface area contributed by atoms with Crippen LogP contribution >= 0.6 is 0 Å². The molecule has 0 unspecified atom stereocenters. The number of esters is 1. The van der Waals surface area contributed by atoms with E-state index in [0.29, 0.717) is 11.3 Å². The summed E-state index contributed by atoms with van der Waals surface area (Å²) in [5.41, 5.74) is 6.04. The Morgan fingerprint density at radius 1 is 1.40 bits per heavy atom. The number of benzene rings is 1. The summed E-state index contributed by atoms with van der Waals surface area (Å²) in [6.45, 7) is 0. The Kier molecular flexibility index (Phi) is 5.67. The summed E-state index contributed by atoms with van der Waals surface area (Å²) in [7, 11) is 1.26. The largest absolute Gasteiger partial charge is 0.480 e. The molecule has 1 aromatic rings. The third-order valence-electron chi connectivity index (χ3n) is 2.57. The van der Waals surface area contributed by atoms with Gasteiger partial charge >= 0.3 is 11.9 Å². The molecule has 4 N–H and O–H groups in total. The molecular formula is C13H16N2O5. The van der Waals surface area contributed by atoms with Gasteiger partial charge in [0.1, 0.15) is 6.04 Å². The van der Waals surface area contributed by atoms with Crippen molar-refractivity contribution in [2.45, 2.75) is 18.9 Å². The molecule has 0 saturated heterocycles. The number of carboxylic acid groups (broad SMARTS) is 1. The van der Waals surface area contributed by atoms with Crippen molar-refractivity contribution in [3.63, 3.8) is 0 Å². The number of anilines is 1. The first-order valence-corrected chi connectivity index (χ1v) is 5.90. The van der Waals surface area contributed by atoms with Gasteiger partial charge in [0.15, 0.2) is 0 Å². The van der Waals surface area contributed by atoms with Gasteiger partial charge < -0.3 is 20.9 Å². The first-order valence-electron chi connectivity index (χ1n) is 5.90. The van der Waals surface area contributed by atoms with Crippen molar-refractivity contribution in [1.82, 2.24) is 0 Å². The fraction of sp³-hybridized carbons (Fsp3) is 0.308. The van der Waals surface area contributed by atoms with E-state index in [1.165, 1.54) is 13.2 Å². The number of methoxy groups -OCH3 is 1. The summed E-state index contributed by atoms with van der Waals surface area (Å²) < 4.78 is 4.57. The summed E-state index contributed by atoms with van der Waals surface area (Å²) in [5, 5.41) is 11.2. The normalized spacial score (nSPS) is 11.5. The Hall–Kier alpha value is -2.41. The van der Waals surface area contributed by atoms with E-state index < -0.39 is 18.0 Å². The highest BCUT2D eigenvalue weighted by molar-refractivity contribution is 5.94. The Bertz CT molecular complexity index is 515. The summed E-state index contributed by atoms with van der Waals surface area (Å²) in [4.78, 5) is 33.5. The zero-order chi connectivity index (χ0) is 15.1. The van der Waals surface area contributed by atoms with Gasteiger partial charge in [0.25, 0.3) is 0 Å². The summed E-state index contributed by atoms with van der Waals surface area (Å²) >= 11 is 0. The number of nitrogens with one attached hydrogen (secondary N) is 1. The summed E-state index contributed by atoms with van der Waals surface area (Å²) in [5.74, 6) is -2.02. The molecule has 0 heterocycles. The third-order valence-corrected chi connectivity index (χ3v) is 2.57. The predicted molar refractivity (Wildman–Crippen MR) is 71.3 cm³/mol. The van der Waals surface area contributed by atoms with Crippen molar-refractivity contribution in [1.29, 1.82) is 0 Å². The molecule has 1 aromatic carbocycles. The lowest BCUT2D eigenvalue weighted by Gasteiger charge is -2.08. The van der Waals surface area contributed by atoms with Crippen molar-refractivity contribution >= 4 is 23.5 Å². The van der Waals surface area contributed by atoms with Gasteiger partial charge in [0, 0.05) is 12.1 Å². The minimum atomic E-state index is -1.15. The van der Waals surface area contributed by atoms with Crippen molar-refractivity contribution in [2.24, 2.45) is 5.73 Å². The van der Waals surface area contributed by atoms with Gasteiger partial charge in [-0.1, -0.05) is 6.07 Å². The van der Waals surface area contributed by atoms with Crippen molar-refractivity contribution in [2.75, 3.05) is 12.4 Å². The van der Waals surface area contributed by atoms with Crippen LogP contribution in [0.3, 0.4) is 0 Å². The monoisotopic (exact) mass is 280 g/mol. The number of carboxylic acids is 1. The minimum absolute atomic E-state index is 0.0179. The van der Waals surface area contributed by atoms with E-state index in [0.717, 1.165) is 0 Å². The molecule has 1 rings (SSSR count). The van der Waals surface area contributed by atoms with Crippen molar-refractivity contribution in [3.8, 4) is 0 Å². The molecule has 0 fully saturated rings. The van der Waals surface area contributed by atoms with Crippen LogP contribution < -0.4 is 11.1 Å². The van der Waals surface area contributed by atoms with Gasteiger partial charge in [-0.2, -0.15) is 0 Å². The molecule has 0 radical (unpaired) electrons. The number of hydrogen-bond donors (Lipinski definition) is 3. The number of hydrogen-bond acceptors (Lipinski definition) is 5. The second kappa shape index (κ2) is 7.25. The highest BCUT2D eigenvalue weighted by atomic mass is 16.5. The van der Waals surface area contributed by atoms with Crippen LogP contribution in [0.5, 0.6) is 0 Å². The maximum atomic E-state index is 11.6. The number of nitrogens with two attached hydrogens (primary N) is 1. The molecule has 108 valence electrons. The fourth-order valence-corrected chi connectivity index (χ4v) is 1.48. The molecule has 0 spiro atoms. The van der Waals surface area contributed by atoms with Gasteiger partial charge in [-0.05, 0) is 24.6 Å². The Balaban J connectivity index is 2.58. The van der Waals surface area contributed by atoms with E-state index in [2.05, 4.69) is 10.1 Å². The second-order valence-corrected chi connectivity index (χ2v) is 4.10. The average molecular weight is 280 g/mol. The lowest BCUT2D eigenvalue weighted by atomic mass is 10.1. The van der Waals surface area contributed by atoms with Crippen LogP contribution in [0.25, 0.3) is 0 Å². The van der Waals surface area contributed by atoms with Crippen molar-refractivity contribution < 1.29 is 24.2 Å². The maximum Gasteiger partial charge on any atom is 0.337 e. The summed E-state index contributed by atoms with van der Waals surface area (Å²) in [6, 6.07) is 5.18. The SMILES string of the molecule is COC(=O)c1cccc(NC(=O)CC[C@H](N)C(=O)O)c1. The quantitative estimate of drug-likeness (QED) is 0.657. The number of rotatable bonds is 6. The number of carbonyl (C=O) groups is 3. The number of amides is 1. The van der Waals surface area contributed by atoms with Crippen LogP contribution in [0.4, 0.5) is 5.69 Å². The summed E-state index contributed by atoms with van der Waals surface area (Å²) in [6.07, 6.45) is 0.0216. The van der Waals surface area contributed by atoms with E-state index in [9.17, 15) is 14.4 Å². The molecule has 0 aromatic heterocycles. The van der Waals surface area contributed by atoms with Gasteiger partial charge in [0.2, 0.25) is 5.91 Å². The van der Waals surface area contributed by atoms with Crippen LogP contribution in [0.2, 0.25) is 0 Å². The zero-order valence-corrected chi connectivity index (χ0v) is 11.0. The average Bonchev–Trinajstić information content (AvgIpc) is 2.43. The predicted octanol–water partition coefficient (Wildman–Crippen LogP) is 0.604. The van der Waals surface area contributed by atoms with E-state index >= 15 is 0 Å². The van der Waals surface area contributed by atoms with Gasteiger partial charge in [-0.15, -0.1) is 0 Å². The Morgan fingerprint density at radius 2 is 2.10 bits per heavy atom. The smallest absolute Gasteiger partial charge is 0.337 e. The van der Waals surface area contributed by atoms with Gasteiger partial charge in [-0.3, -0.25) is 9.59 Å². The van der Waals surface area contributed by atoms with Crippen molar-refractivity contribution in [3.05, 3.63) is 29.8 Å². The number of aliphatic carboxylic acids is 1. The zero-order valence-electron chi connectivity index (χ0n) is 11.0. The molecule has 0 bridgehead atoms. The molecule has 0 aliphatic rings. The van der Waals surface area contributed by atoms with Gasteiger partial charge in [0.05, 0.1) is 12.7 Å². The molecule has 7 heteroatoms. The molecule has 20 heavy (non-hydrogen) atoms. The minimum Gasteiger partial charge on any atom is -0.480 e. The maximum absolute atomic E-state index is 11.6. The van der Waals surface area contributed by atoms with E-state index in [1.54, 1.807) is 18.2 Å². The van der Waals surface area contributed by atoms with Crippen LogP contribution in [-0.4, -0.2) is 36.1 Å². The fourth-order valence-electron chi connectivity index (χ4n) is 1.48. The number of ether oxygens (including phenoxy) is 1. The first kappa shape index (κ1) is 15.6. The highest BCUT2D eigenvalue weighted by Crippen LogP contribution is 2.12. The third kappa shape index (κ3) is 4.69. The molecular weight excluding hydrogens is 264 g/mol. The van der Waals surface area contributed by atoms with E-state index in [4.69, 9.17) is 10.8 Å². The lowest BCUT2D eigenvalue weighted by molar-refractivity contribution is -0.138. The van der Waals surface area contributed by atoms with Crippen LogP contribution in [0.15, 0.2) is 24.3 Å². The van der Waals surface area contributed by atoms with E-state index in [-0.39, 0.29) is 18.7 Å².